The van der Waals surface area contributed by atoms with Gasteiger partial charge in [0.25, 0.3) is 5.91 Å². The van der Waals surface area contributed by atoms with Gasteiger partial charge in [-0.05, 0) is 62.2 Å². The van der Waals surface area contributed by atoms with Crippen LogP contribution in [0.5, 0.6) is 0 Å². The van der Waals surface area contributed by atoms with Gasteiger partial charge in [-0.15, -0.1) is 0 Å². The monoisotopic (exact) mass is 396 g/mol. The number of sulfonamides is 1. The van der Waals surface area contributed by atoms with Crippen molar-refractivity contribution >= 4 is 38.9 Å². The summed E-state index contributed by atoms with van der Waals surface area (Å²) in [5.74, 6) is -0.311. The normalized spacial score (nSPS) is 19.9. The lowest BCUT2D eigenvalue weighted by atomic mass is 10.1. The lowest BCUT2D eigenvalue weighted by Crippen LogP contribution is -2.49. The van der Waals surface area contributed by atoms with E-state index in [2.05, 4.69) is 16.2 Å². The van der Waals surface area contributed by atoms with Gasteiger partial charge in [0.05, 0.1) is 11.9 Å². The second-order valence-electron chi connectivity index (χ2n) is 6.99. The van der Waals surface area contributed by atoms with Crippen molar-refractivity contribution in [3.05, 3.63) is 29.3 Å². The number of hydrogen-bond donors (Lipinski definition) is 3. The highest BCUT2D eigenvalue weighted by Gasteiger charge is 2.32. The Morgan fingerprint density at radius 3 is 2.58 bits per heavy atom. The van der Waals surface area contributed by atoms with Crippen molar-refractivity contribution in [3.8, 4) is 0 Å². The van der Waals surface area contributed by atoms with Crippen molar-refractivity contribution in [2.24, 2.45) is 0 Å². The zero-order valence-corrected chi connectivity index (χ0v) is 16.5. The summed E-state index contributed by atoms with van der Waals surface area (Å²) in [5.41, 5.74) is 7.28. The molecule has 3 rings (SSSR count). The Hall–Kier alpha value is -1.87. The Bertz CT molecular complexity index is 819. The molecule has 1 aromatic rings. The molecule has 3 N–H and O–H groups in total. The minimum Gasteiger partial charge on any atom is -0.359 e. The first-order valence-corrected chi connectivity index (χ1v) is 11.0. The molecular formula is C17H24N4O3S2. The summed E-state index contributed by atoms with van der Waals surface area (Å²) >= 11 is 5.20. The number of carbonyl (C=O) groups is 1. The predicted molar refractivity (Wildman–Crippen MR) is 106 cm³/mol. The van der Waals surface area contributed by atoms with Crippen LogP contribution in [0.1, 0.15) is 48.5 Å². The molecule has 0 spiro atoms. The summed E-state index contributed by atoms with van der Waals surface area (Å²) in [6.45, 7) is 1.86. The van der Waals surface area contributed by atoms with Crippen LogP contribution in [0.25, 0.3) is 0 Å². The Morgan fingerprint density at radius 1 is 1.23 bits per heavy atom. The molecule has 1 heterocycles. The van der Waals surface area contributed by atoms with E-state index in [1.54, 1.807) is 18.2 Å². The fourth-order valence-electron chi connectivity index (χ4n) is 3.73. The van der Waals surface area contributed by atoms with Gasteiger partial charge >= 0.3 is 0 Å². The van der Waals surface area contributed by atoms with E-state index in [0.29, 0.717) is 28.8 Å². The second-order valence-corrected chi connectivity index (χ2v) is 9.26. The van der Waals surface area contributed by atoms with Crippen LogP contribution in [0, 0.1) is 0 Å². The maximum Gasteiger partial charge on any atom is 0.269 e. The first-order valence-electron chi connectivity index (χ1n) is 8.75. The molecule has 0 bridgehead atoms. The maximum atomic E-state index is 12.4. The molecule has 7 nitrogen and oxygen atoms in total. The van der Waals surface area contributed by atoms with Gasteiger partial charge in [-0.2, -0.15) is 0 Å². The number of anilines is 1. The molecule has 1 atom stereocenters. The summed E-state index contributed by atoms with van der Waals surface area (Å²) < 4.78 is 25.3. The van der Waals surface area contributed by atoms with Crippen molar-refractivity contribution in [1.82, 2.24) is 16.2 Å². The van der Waals surface area contributed by atoms with Crippen molar-refractivity contribution < 1.29 is 13.2 Å². The molecule has 0 radical (unpaired) electrons. The Kier molecular flexibility index (Phi) is 5.38. The highest BCUT2D eigenvalue weighted by molar-refractivity contribution is 7.92. The number of carbonyl (C=O) groups excluding carboxylic acids is 1. The SMILES string of the molecule is C[C@@H]1Cc2cc(C(=O)NNC(=S)NC3CCCC3)ccc2N1S(C)(=O)=O. The van der Waals surface area contributed by atoms with E-state index in [9.17, 15) is 13.2 Å². The average Bonchev–Trinajstić information content (AvgIpc) is 3.17. The number of nitrogens with one attached hydrogen (secondary N) is 3. The van der Waals surface area contributed by atoms with E-state index in [4.69, 9.17) is 12.2 Å². The van der Waals surface area contributed by atoms with Crippen LogP contribution in [-0.4, -0.2) is 37.8 Å². The predicted octanol–water partition coefficient (Wildman–Crippen LogP) is 1.45. The van der Waals surface area contributed by atoms with Crippen LogP contribution in [0.15, 0.2) is 18.2 Å². The van der Waals surface area contributed by atoms with Crippen LogP contribution in [-0.2, 0) is 16.4 Å². The van der Waals surface area contributed by atoms with E-state index in [0.717, 1.165) is 18.4 Å². The van der Waals surface area contributed by atoms with E-state index in [1.165, 1.54) is 23.4 Å². The van der Waals surface area contributed by atoms with Crippen molar-refractivity contribution in [1.29, 1.82) is 0 Å². The highest BCUT2D eigenvalue weighted by Crippen LogP contribution is 2.34. The third-order valence-electron chi connectivity index (χ3n) is 4.83. The van der Waals surface area contributed by atoms with Crippen LogP contribution >= 0.6 is 12.2 Å². The largest absolute Gasteiger partial charge is 0.359 e. The maximum absolute atomic E-state index is 12.4. The van der Waals surface area contributed by atoms with Crippen molar-refractivity contribution in [2.45, 2.75) is 51.1 Å². The molecule has 9 heteroatoms. The fraction of sp³-hybridized carbons (Fsp3) is 0.529. The number of nitrogens with zero attached hydrogens (tertiary/aromatic N) is 1. The van der Waals surface area contributed by atoms with Gasteiger partial charge in [0.2, 0.25) is 10.0 Å². The van der Waals surface area contributed by atoms with Gasteiger partial charge in [0, 0.05) is 17.6 Å². The quantitative estimate of drug-likeness (QED) is 0.529. The van der Waals surface area contributed by atoms with Crippen LogP contribution in [0.4, 0.5) is 5.69 Å². The first kappa shape index (κ1) is 18.9. The lowest BCUT2D eigenvalue weighted by molar-refractivity contribution is 0.0943. The van der Waals surface area contributed by atoms with Gasteiger partial charge in [-0.3, -0.25) is 20.0 Å². The third kappa shape index (κ3) is 4.09. The van der Waals surface area contributed by atoms with Gasteiger partial charge in [0.1, 0.15) is 0 Å². The summed E-state index contributed by atoms with van der Waals surface area (Å²) in [6.07, 6.45) is 6.36. The van der Waals surface area contributed by atoms with Crippen LogP contribution in [0.3, 0.4) is 0 Å². The molecule has 2 aliphatic rings. The molecule has 26 heavy (non-hydrogen) atoms. The number of amides is 1. The minimum atomic E-state index is -3.34. The molecule has 0 aromatic heterocycles. The molecule has 1 aliphatic carbocycles. The average molecular weight is 397 g/mol. The molecule has 0 saturated heterocycles. The van der Waals surface area contributed by atoms with E-state index < -0.39 is 10.0 Å². The standard InChI is InChI=1S/C17H24N4O3S2/c1-11-9-13-10-12(7-8-15(13)21(11)26(2,23)24)16(22)19-20-17(25)18-14-5-3-4-6-14/h7-8,10-11,14H,3-6,9H2,1-2H3,(H,19,22)(H2,18,20,25)/t11-/m1/s1. The molecule has 1 fully saturated rings. The second kappa shape index (κ2) is 7.40. The molecule has 142 valence electrons. The summed E-state index contributed by atoms with van der Waals surface area (Å²) in [4.78, 5) is 12.4. The van der Waals surface area contributed by atoms with Crippen LogP contribution in [0.2, 0.25) is 0 Å². The number of fused-ring (bicyclic) bond motifs is 1. The van der Waals surface area contributed by atoms with Gasteiger partial charge in [-0.1, -0.05) is 12.8 Å². The molecule has 1 amide bonds. The van der Waals surface area contributed by atoms with Gasteiger partial charge in [-0.25, -0.2) is 8.42 Å². The number of thiocarbonyl (C=S) groups is 1. The number of rotatable bonds is 3. The molecule has 1 saturated carbocycles. The Labute approximate surface area is 159 Å². The minimum absolute atomic E-state index is 0.153. The molecule has 1 aliphatic heterocycles. The smallest absolute Gasteiger partial charge is 0.269 e. The number of hydrogen-bond acceptors (Lipinski definition) is 4. The fourth-order valence-corrected chi connectivity index (χ4v) is 5.21. The van der Waals surface area contributed by atoms with E-state index >= 15 is 0 Å². The molecule has 0 unspecified atom stereocenters. The van der Waals surface area contributed by atoms with Gasteiger partial charge in [0.15, 0.2) is 5.11 Å². The first-order chi connectivity index (χ1) is 12.3. The zero-order chi connectivity index (χ0) is 18.9. The third-order valence-corrected chi connectivity index (χ3v) is 6.32. The van der Waals surface area contributed by atoms with E-state index in [-0.39, 0.29) is 11.9 Å². The summed E-state index contributed by atoms with van der Waals surface area (Å²) in [5, 5.41) is 3.59. The Balaban J connectivity index is 1.62. The van der Waals surface area contributed by atoms with Crippen molar-refractivity contribution in [3.63, 3.8) is 0 Å². The molecular weight excluding hydrogens is 372 g/mol. The van der Waals surface area contributed by atoms with E-state index in [1.807, 2.05) is 6.92 Å². The number of benzene rings is 1. The number of hydrazine groups is 1. The van der Waals surface area contributed by atoms with Crippen molar-refractivity contribution in [2.75, 3.05) is 10.6 Å². The zero-order valence-electron chi connectivity index (χ0n) is 14.9. The van der Waals surface area contributed by atoms with Gasteiger partial charge < -0.3 is 5.32 Å². The summed E-state index contributed by atoms with van der Waals surface area (Å²) in [6, 6.07) is 5.26. The summed E-state index contributed by atoms with van der Waals surface area (Å²) in [7, 11) is -3.34. The highest BCUT2D eigenvalue weighted by atomic mass is 32.2. The topological polar surface area (TPSA) is 90.5 Å². The lowest BCUT2D eigenvalue weighted by Gasteiger charge is -2.22. The Morgan fingerprint density at radius 2 is 1.92 bits per heavy atom. The van der Waals surface area contributed by atoms with Crippen LogP contribution < -0.4 is 20.5 Å². The molecule has 1 aromatic carbocycles.